The maximum atomic E-state index is 12.0. The van der Waals surface area contributed by atoms with E-state index in [0.29, 0.717) is 16.3 Å². The molecule has 1 N–H and O–H groups in total. The van der Waals surface area contributed by atoms with Crippen LogP contribution in [0.4, 0.5) is 5.69 Å². The molecule has 102 valence electrons. The minimum Gasteiger partial charge on any atom is -0.324 e. The first-order valence-electron chi connectivity index (χ1n) is 5.87. The molecule has 2 aromatic carbocycles. The molecule has 0 aromatic heterocycles. The minimum absolute atomic E-state index is 0.402. The minimum atomic E-state index is -1.27. The van der Waals surface area contributed by atoms with E-state index in [9.17, 15) is 9.59 Å². The molecular formula is C15H11Cl2NO2. The van der Waals surface area contributed by atoms with Crippen LogP contribution in [-0.2, 0) is 4.79 Å². The van der Waals surface area contributed by atoms with Crippen molar-refractivity contribution < 1.29 is 9.59 Å². The Bertz CT molecular complexity index is 612. The second-order valence-electron chi connectivity index (χ2n) is 4.09. The molecule has 0 aliphatic carbocycles. The third kappa shape index (κ3) is 3.59. The molecule has 0 saturated carbocycles. The van der Waals surface area contributed by atoms with Crippen LogP contribution in [-0.4, -0.2) is 17.1 Å². The van der Waals surface area contributed by atoms with Crippen molar-refractivity contribution >= 4 is 40.6 Å². The maximum absolute atomic E-state index is 12.0. The number of carbonyl (C=O) groups is 2. The second-order valence-corrected chi connectivity index (χ2v) is 4.96. The number of nitrogens with one attached hydrogen (secondary N) is 1. The lowest BCUT2D eigenvalue weighted by Gasteiger charge is -2.10. The quantitative estimate of drug-likeness (QED) is 0.531. The van der Waals surface area contributed by atoms with Crippen molar-refractivity contribution in [1.29, 1.82) is 0 Å². The Labute approximate surface area is 126 Å². The molecular weight excluding hydrogens is 297 g/mol. The van der Waals surface area contributed by atoms with E-state index in [0.717, 1.165) is 0 Å². The zero-order valence-electron chi connectivity index (χ0n) is 10.3. The Morgan fingerprint density at radius 3 is 2.15 bits per heavy atom. The molecule has 0 fully saturated rings. The fourth-order valence-electron chi connectivity index (χ4n) is 1.61. The Morgan fingerprint density at radius 1 is 0.950 bits per heavy atom. The van der Waals surface area contributed by atoms with Crippen LogP contribution in [0.3, 0.4) is 0 Å². The number of carbonyl (C=O) groups excluding carboxylic acids is 2. The fourth-order valence-corrected chi connectivity index (χ4v) is 1.91. The predicted molar refractivity (Wildman–Crippen MR) is 80.5 cm³/mol. The standard InChI is InChI=1S/C15H11Cl2NO2/c16-11-6-8-12(9-7-11)18-15(20)13(17)14(19)10-4-2-1-3-5-10/h1-9,13H,(H,18,20)/t13-/m0/s1. The topological polar surface area (TPSA) is 46.2 Å². The highest BCUT2D eigenvalue weighted by molar-refractivity contribution is 6.45. The van der Waals surface area contributed by atoms with Crippen LogP contribution in [0, 0.1) is 0 Å². The molecule has 20 heavy (non-hydrogen) atoms. The molecule has 5 heteroatoms. The summed E-state index contributed by atoms with van der Waals surface area (Å²) in [5.41, 5.74) is 0.935. The van der Waals surface area contributed by atoms with Crippen LogP contribution in [0.25, 0.3) is 0 Å². The van der Waals surface area contributed by atoms with Crippen molar-refractivity contribution in [3.05, 3.63) is 65.2 Å². The largest absolute Gasteiger partial charge is 0.324 e. The van der Waals surface area contributed by atoms with E-state index in [4.69, 9.17) is 23.2 Å². The summed E-state index contributed by atoms with van der Waals surface area (Å²) in [6, 6.07) is 15.0. The predicted octanol–water partition coefficient (Wildman–Crippen LogP) is 3.77. The van der Waals surface area contributed by atoms with Crippen LogP contribution in [0.5, 0.6) is 0 Å². The normalized spacial score (nSPS) is 11.7. The van der Waals surface area contributed by atoms with Crippen LogP contribution in [0.1, 0.15) is 10.4 Å². The van der Waals surface area contributed by atoms with Gasteiger partial charge in [-0.2, -0.15) is 0 Å². The van der Waals surface area contributed by atoms with Gasteiger partial charge in [0, 0.05) is 16.3 Å². The van der Waals surface area contributed by atoms with E-state index in [2.05, 4.69) is 5.32 Å². The lowest BCUT2D eigenvalue weighted by molar-refractivity contribution is -0.115. The van der Waals surface area contributed by atoms with Gasteiger partial charge in [0.15, 0.2) is 11.2 Å². The molecule has 0 saturated heterocycles. The highest BCUT2D eigenvalue weighted by Crippen LogP contribution is 2.15. The Morgan fingerprint density at radius 2 is 1.55 bits per heavy atom. The number of ketones is 1. The van der Waals surface area contributed by atoms with E-state index in [1.807, 2.05) is 0 Å². The molecule has 1 amide bonds. The molecule has 1 atom stereocenters. The molecule has 0 bridgehead atoms. The summed E-state index contributed by atoms with van der Waals surface area (Å²) >= 11 is 11.7. The third-order valence-electron chi connectivity index (χ3n) is 2.63. The number of rotatable bonds is 4. The van der Waals surface area contributed by atoms with Crippen molar-refractivity contribution in [1.82, 2.24) is 0 Å². The first kappa shape index (κ1) is 14.6. The van der Waals surface area contributed by atoms with Gasteiger partial charge in [-0.3, -0.25) is 9.59 Å². The van der Waals surface area contributed by atoms with Crippen molar-refractivity contribution in [2.45, 2.75) is 5.38 Å². The van der Waals surface area contributed by atoms with Crippen molar-refractivity contribution in [2.24, 2.45) is 0 Å². The molecule has 0 spiro atoms. The summed E-state index contributed by atoms with van der Waals surface area (Å²) in [4.78, 5) is 23.9. The maximum Gasteiger partial charge on any atom is 0.250 e. The van der Waals surface area contributed by atoms with Crippen LogP contribution in [0.2, 0.25) is 5.02 Å². The highest BCUT2D eigenvalue weighted by Gasteiger charge is 2.25. The smallest absolute Gasteiger partial charge is 0.250 e. The van der Waals surface area contributed by atoms with Gasteiger partial charge in [0.05, 0.1) is 0 Å². The number of anilines is 1. The number of Topliss-reactive ketones (excluding diaryl/α,β-unsaturated/α-hetero) is 1. The van der Waals surface area contributed by atoms with Crippen LogP contribution >= 0.6 is 23.2 Å². The number of hydrogen-bond acceptors (Lipinski definition) is 2. The summed E-state index contributed by atoms with van der Waals surface area (Å²) in [7, 11) is 0. The zero-order valence-corrected chi connectivity index (χ0v) is 11.9. The molecule has 3 nitrogen and oxygen atoms in total. The average molecular weight is 308 g/mol. The monoisotopic (exact) mass is 307 g/mol. The lowest BCUT2D eigenvalue weighted by atomic mass is 10.1. The van der Waals surface area contributed by atoms with Crippen molar-refractivity contribution in [3.63, 3.8) is 0 Å². The Kier molecular flexibility index (Phi) is 4.77. The number of halogens is 2. The van der Waals surface area contributed by atoms with Gasteiger partial charge in [-0.15, -0.1) is 11.6 Å². The highest BCUT2D eigenvalue weighted by atomic mass is 35.5. The van der Waals surface area contributed by atoms with Crippen molar-refractivity contribution in [2.75, 3.05) is 5.32 Å². The van der Waals surface area contributed by atoms with Gasteiger partial charge in [-0.25, -0.2) is 0 Å². The van der Waals surface area contributed by atoms with E-state index in [-0.39, 0.29) is 0 Å². The lowest BCUT2D eigenvalue weighted by Crippen LogP contribution is -2.30. The van der Waals surface area contributed by atoms with Gasteiger partial charge in [-0.1, -0.05) is 41.9 Å². The van der Waals surface area contributed by atoms with E-state index in [1.165, 1.54) is 0 Å². The average Bonchev–Trinajstić information content (AvgIpc) is 2.49. The van der Waals surface area contributed by atoms with Gasteiger partial charge in [-0.05, 0) is 24.3 Å². The number of benzene rings is 2. The van der Waals surface area contributed by atoms with Crippen molar-refractivity contribution in [3.8, 4) is 0 Å². The van der Waals surface area contributed by atoms with Gasteiger partial charge >= 0.3 is 0 Å². The van der Waals surface area contributed by atoms with Gasteiger partial charge < -0.3 is 5.32 Å². The van der Waals surface area contributed by atoms with Gasteiger partial charge in [0.25, 0.3) is 0 Å². The van der Waals surface area contributed by atoms with E-state index < -0.39 is 17.1 Å². The molecule has 0 radical (unpaired) electrons. The van der Waals surface area contributed by atoms with E-state index >= 15 is 0 Å². The molecule has 2 aromatic rings. The van der Waals surface area contributed by atoms with Gasteiger partial charge in [0.1, 0.15) is 0 Å². The molecule has 0 unspecified atom stereocenters. The first-order valence-corrected chi connectivity index (χ1v) is 6.69. The second kappa shape index (κ2) is 6.55. The first-order chi connectivity index (χ1) is 9.58. The summed E-state index contributed by atoms with van der Waals surface area (Å²) in [5.74, 6) is -0.999. The molecule has 0 aliphatic rings. The fraction of sp³-hybridized carbons (Fsp3) is 0.0667. The molecule has 0 heterocycles. The Balaban J connectivity index is 2.05. The molecule has 2 rings (SSSR count). The van der Waals surface area contributed by atoms with Crippen LogP contribution < -0.4 is 5.32 Å². The Hall–Kier alpha value is -1.84. The number of amides is 1. The molecule has 0 aliphatic heterocycles. The zero-order chi connectivity index (χ0) is 14.5. The number of alkyl halides is 1. The van der Waals surface area contributed by atoms with Crippen LogP contribution in [0.15, 0.2) is 54.6 Å². The SMILES string of the molecule is O=C(Nc1ccc(Cl)cc1)[C@@H](Cl)C(=O)c1ccccc1. The summed E-state index contributed by atoms with van der Waals surface area (Å²) in [6.07, 6.45) is 0. The summed E-state index contributed by atoms with van der Waals surface area (Å²) in [5, 5.41) is 1.86. The summed E-state index contributed by atoms with van der Waals surface area (Å²) < 4.78 is 0. The third-order valence-corrected chi connectivity index (χ3v) is 3.28. The number of hydrogen-bond donors (Lipinski definition) is 1. The van der Waals surface area contributed by atoms with E-state index in [1.54, 1.807) is 54.6 Å². The van der Waals surface area contributed by atoms with Gasteiger partial charge in [0.2, 0.25) is 5.91 Å². The summed E-state index contributed by atoms with van der Waals surface area (Å²) in [6.45, 7) is 0.